The maximum atomic E-state index is 10.9. The first kappa shape index (κ1) is 10.2. The molecule has 0 aromatic heterocycles. The third-order valence-corrected chi connectivity index (χ3v) is 1.74. The van der Waals surface area contributed by atoms with Crippen molar-refractivity contribution in [3.63, 3.8) is 0 Å². The van der Waals surface area contributed by atoms with Crippen LogP contribution in [0.25, 0.3) is 0 Å². The Bertz CT molecular complexity index is 194. The molecular formula is C9H14O4. The molecule has 0 aromatic carbocycles. The van der Waals surface area contributed by atoms with Crippen molar-refractivity contribution in [3.8, 4) is 0 Å². The van der Waals surface area contributed by atoms with Crippen molar-refractivity contribution in [2.24, 2.45) is 0 Å². The van der Waals surface area contributed by atoms with Crippen LogP contribution in [0.2, 0.25) is 0 Å². The van der Waals surface area contributed by atoms with Gasteiger partial charge in [-0.15, -0.1) is 0 Å². The maximum Gasteiger partial charge on any atom is 0.334 e. The first-order valence-corrected chi connectivity index (χ1v) is 4.36. The van der Waals surface area contributed by atoms with E-state index in [-0.39, 0.29) is 0 Å². The largest absolute Gasteiger partial charge is 0.405 e. The lowest BCUT2D eigenvalue weighted by Crippen LogP contribution is -2.36. The zero-order chi connectivity index (χ0) is 9.73. The van der Waals surface area contributed by atoms with Crippen LogP contribution in [-0.2, 0) is 19.0 Å². The highest BCUT2D eigenvalue weighted by Gasteiger charge is 2.39. The van der Waals surface area contributed by atoms with Crippen LogP contribution in [0, 0.1) is 0 Å². The molecule has 0 saturated carbocycles. The molecule has 74 valence electrons. The van der Waals surface area contributed by atoms with Crippen LogP contribution in [0.3, 0.4) is 0 Å². The average Bonchev–Trinajstić information content (AvgIpc) is 2.54. The van der Waals surface area contributed by atoms with Crippen molar-refractivity contribution in [1.29, 1.82) is 0 Å². The van der Waals surface area contributed by atoms with Crippen molar-refractivity contribution < 1.29 is 19.0 Å². The van der Waals surface area contributed by atoms with Gasteiger partial charge in [-0.05, 0) is 13.3 Å². The lowest BCUT2D eigenvalue weighted by Gasteiger charge is -2.26. The number of esters is 1. The highest BCUT2D eigenvalue weighted by Crippen LogP contribution is 2.28. The summed E-state index contributed by atoms with van der Waals surface area (Å²) in [5, 5.41) is 0. The van der Waals surface area contributed by atoms with Crippen LogP contribution in [-0.4, -0.2) is 25.2 Å². The van der Waals surface area contributed by atoms with Crippen LogP contribution in [0.5, 0.6) is 0 Å². The van der Waals surface area contributed by atoms with E-state index in [2.05, 4.69) is 6.58 Å². The maximum absolute atomic E-state index is 10.9. The van der Waals surface area contributed by atoms with Crippen LogP contribution in [0.1, 0.15) is 19.8 Å². The lowest BCUT2D eigenvalue weighted by atomic mass is 10.3. The summed E-state index contributed by atoms with van der Waals surface area (Å²) in [6.45, 7) is 6.14. The summed E-state index contributed by atoms with van der Waals surface area (Å²) in [4.78, 5) is 10.9. The molecule has 4 heteroatoms. The van der Waals surface area contributed by atoms with Crippen molar-refractivity contribution >= 4 is 5.97 Å². The minimum absolute atomic E-state index is 0.449. The molecule has 0 spiro atoms. The van der Waals surface area contributed by atoms with Crippen LogP contribution in [0.4, 0.5) is 0 Å². The number of carbonyl (C=O) groups excluding carboxylic acids is 1. The lowest BCUT2D eigenvalue weighted by molar-refractivity contribution is -0.339. The van der Waals surface area contributed by atoms with E-state index < -0.39 is 11.9 Å². The highest BCUT2D eigenvalue weighted by atomic mass is 16.9. The Morgan fingerprint density at radius 3 is 3.00 bits per heavy atom. The molecule has 0 N–H and O–H groups in total. The molecule has 0 aliphatic carbocycles. The zero-order valence-corrected chi connectivity index (χ0v) is 7.75. The Labute approximate surface area is 77.5 Å². The number of hydrogen-bond acceptors (Lipinski definition) is 4. The fourth-order valence-electron chi connectivity index (χ4n) is 1.23. The van der Waals surface area contributed by atoms with E-state index in [1.165, 1.54) is 0 Å². The van der Waals surface area contributed by atoms with Crippen LogP contribution in [0.15, 0.2) is 12.7 Å². The van der Waals surface area contributed by atoms with Crippen LogP contribution >= 0.6 is 0 Å². The molecule has 1 heterocycles. The second kappa shape index (κ2) is 4.39. The molecule has 1 unspecified atom stereocenters. The Morgan fingerprint density at radius 2 is 2.54 bits per heavy atom. The van der Waals surface area contributed by atoms with E-state index in [1.807, 2.05) is 6.92 Å². The number of carbonyl (C=O) groups is 1. The van der Waals surface area contributed by atoms with Crippen molar-refractivity contribution in [3.05, 3.63) is 12.7 Å². The smallest absolute Gasteiger partial charge is 0.334 e. The molecule has 1 atom stereocenters. The van der Waals surface area contributed by atoms with Gasteiger partial charge in [-0.2, -0.15) is 0 Å². The van der Waals surface area contributed by atoms with Gasteiger partial charge in [0.05, 0.1) is 13.2 Å². The molecule has 0 radical (unpaired) electrons. The SMILES string of the molecule is C=CC(=O)OC1(OCC)CCCO1. The van der Waals surface area contributed by atoms with Gasteiger partial charge < -0.3 is 14.2 Å². The average molecular weight is 186 g/mol. The Morgan fingerprint density at radius 1 is 1.77 bits per heavy atom. The minimum Gasteiger partial charge on any atom is -0.405 e. The van der Waals surface area contributed by atoms with E-state index in [0.717, 1.165) is 12.5 Å². The van der Waals surface area contributed by atoms with Crippen molar-refractivity contribution in [2.75, 3.05) is 13.2 Å². The standard InChI is InChI=1S/C9H14O4/c1-3-8(10)13-9(11-4-2)6-5-7-12-9/h3H,1,4-7H2,2H3. The summed E-state index contributed by atoms with van der Waals surface area (Å²) < 4.78 is 15.5. The van der Waals surface area contributed by atoms with E-state index in [4.69, 9.17) is 14.2 Å². The van der Waals surface area contributed by atoms with E-state index in [1.54, 1.807) is 0 Å². The molecule has 1 fully saturated rings. The second-order valence-corrected chi connectivity index (χ2v) is 2.69. The summed E-state index contributed by atoms with van der Waals surface area (Å²) in [5.74, 6) is -1.67. The van der Waals surface area contributed by atoms with Gasteiger partial charge in [0.15, 0.2) is 0 Å². The third-order valence-electron chi connectivity index (χ3n) is 1.74. The number of rotatable bonds is 4. The second-order valence-electron chi connectivity index (χ2n) is 2.69. The molecule has 0 bridgehead atoms. The molecule has 1 saturated heterocycles. The molecule has 13 heavy (non-hydrogen) atoms. The topological polar surface area (TPSA) is 44.8 Å². The van der Waals surface area contributed by atoms with Gasteiger partial charge in [-0.1, -0.05) is 6.58 Å². The molecule has 0 aromatic rings. The molecule has 1 aliphatic heterocycles. The van der Waals surface area contributed by atoms with Crippen LogP contribution < -0.4 is 0 Å². The monoisotopic (exact) mass is 186 g/mol. The number of hydrogen-bond donors (Lipinski definition) is 0. The summed E-state index contributed by atoms with van der Waals surface area (Å²) in [7, 11) is 0. The predicted octanol–water partition coefficient (Wildman–Crippen LogP) is 1.22. The van der Waals surface area contributed by atoms with Gasteiger partial charge in [-0.3, -0.25) is 0 Å². The van der Waals surface area contributed by atoms with E-state index >= 15 is 0 Å². The van der Waals surface area contributed by atoms with Gasteiger partial charge in [0.2, 0.25) is 0 Å². The van der Waals surface area contributed by atoms with Crippen molar-refractivity contribution in [2.45, 2.75) is 25.7 Å². The minimum atomic E-state index is -1.15. The Kier molecular flexibility index (Phi) is 3.45. The van der Waals surface area contributed by atoms with E-state index in [0.29, 0.717) is 19.6 Å². The number of ether oxygens (including phenoxy) is 3. The zero-order valence-electron chi connectivity index (χ0n) is 7.75. The molecule has 0 amide bonds. The fourth-order valence-corrected chi connectivity index (χ4v) is 1.23. The predicted molar refractivity (Wildman–Crippen MR) is 45.8 cm³/mol. The normalized spacial score (nSPS) is 27.2. The molecule has 4 nitrogen and oxygen atoms in total. The third kappa shape index (κ3) is 2.54. The van der Waals surface area contributed by atoms with Gasteiger partial charge in [0, 0.05) is 12.5 Å². The van der Waals surface area contributed by atoms with Gasteiger partial charge in [0.25, 0.3) is 0 Å². The summed E-state index contributed by atoms with van der Waals surface area (Å²) >= 11 is 0. The summed E-state index contributed by atoms with van der Waals surface area (Å²) in [6, 6.07) is 0. The molecule has 1 rings (SSSR count). The summed E-state index contributed by atoms with van der Waals surface area (Å²) in [6.07, 6.45) is 2.52. The highest BCUT2D eigenvalue weighted by molar-refractivity contribution is 5.81. The first-order chi connectivity index (χ1) is 6.22. The van der Waals surface area contributed by atoms with Gasteiger partial charge in [0.1, 0.15) is 0 Å². The van der Waals surface area contributed by atoms with Crippen molar-refractivity contribution in [1.82, 2.24) is 0 Å². The van der Waals surface area contributed by atoms with E-state index in [9.17, 15) is 4.79 Å². The Balaban J connectivity index is 2.55. The molecule has 1 aliphatic rings. The van der Waals surface area contributed by atoms with Gasteiger partial charge in [-0.25, -0.2) is 4.79 Å². The Hall–Kier alpha value is -0.870. The van der Waals surface area contributed by atoms with Gasteiger partial charge >= 0.3 is 11.9 Å². The fraction of sp³-hybridized carbons (Fsp3) is 0.667. The quantitative estimate of drug-likeness (QED) is 0.376. The first-order valence-electron chi connectivity index (χ1n) is 4.36. The summed E-state index contributed by atoms with van der Waals surface area (Å²) in [5.41, 5.74) is 0. The molecular weight excluding hydrogens is 172 g/mol.